The summed E-state index contributed by atoms with van der Waals surface area (Å²) in [6.07, 6.45) is 0. The zero-order valence-electron chi connectivity index (χ0n) is 17.9. The van der Waals surface area contributed by atoms with Crippen LogP contribution in [0.4, 0.5) is 5.95 Å². The van der Waals surface area contributed by atoms with Gasteiger partial charge < -0.3 is 10.3 Å². The molecule has 3 N–H and O–H groups in total. The van der Waals surface area contributed by atoms with Crippen molar-refractivity contribution in [3.05, 3.63) is 87.4 Å². The van der Waals surface area contributed by atoms with E-state index in [2.05, 4.69) is 38.6 Å². The van der Waals surface area contributed by atoms with E-state index < -0.39 is 5.56 Å². The van der Waals surface area contributed by atoms with E-state index in [1.165, 1.54) is 0 Å². The number of H-pyrrole nitrogens is 1. The van der Waals surface area contributed by atoms with Crippen molar-refractivity contribution in [3.8, 4) is 23.7 Å². The average molecular weight is 397 g/mol. The van der Waals surface area contributed by atoms with Crippen LogP contribution < -0.4 is 11.3 Å². The summed E-state index contributed by atoms with van der Waals surface area (Å²) in [6, 6.07) is 15.0. The fraction of sp³-hybridized carbons (Fsp3) is 0.125. The van der Waals surface area contributed by atoms with Crippen molar-refractivity contribution in [2.45, 2.75) is 13.8 Å². The summed E-state index contributed by atoms with van der Waals surface area (Å²) in [5.41, 5.74) is 8.30. The van der Waals surface area contributed by atoms with Crippen LogP contribution in [0.3, 0.4) is 0 Å². The average Bonchev–Trinajstić information content (AvgIpc) is 3.10. The van der Waals surface area contributed by atoms with Crippen LogP contribution in [0.25, 0.3) is 11.2 Å². The van der Waals surface area contributed by atoms with Crippen LogP contribution in [0.15, 0.2) is 59.4 Å². The van der Waals surface area contributed by atoms with Crippen molar-refractivity contribution in [2.24, 2.45) is 7.05 Å². The lowest BCUT2D eigenvalue weighted by Gasteiger charge is -1.95. The lowest BCUT2D eigenvalue weighted by atomic mass is 10.1. The predicted octanol–water partition coefficient (Wildman–Crippen LogP) is 3.06. The van der Waals surface area contributed by atoms with Crippen molar-refractivity contribution < 1.29 is 1.37 Å². The maximum atomic E-state index is 11.9. The minimum absolute atomic E-state index is 0.0392. The number of nitrogens with one attached hydrogen (secondary N) is 1. The van der Waals surface area contributed by atoms with E-state index in [9.17, 15) is 4.79 Å². The molecule has 0 unspecified atom stereocenters. The van der Waals surface area contributed by atoms with Gasteiger partial charge in [-0.3, -0.25) is 9.78 Å². The van der Waals surface area contributed by atoms with Gasteiger partial charge in [-0.2, -0.15) is 4.98 Å². The molecule has 0 fully saturated rings. The van der Waals surface area contributed by atoms with Crippen LogP contribution in [0.2, 0.25) is 0 Å². The number of aryl methyl sites for hydroxylation is 1. The number of nitrogens with two attached hydrogens (primary N) is 1. The fourth-order valence-electron chi connectivity index (χ4n) is 2.58. The maximum absolute atomic E-state index is 11.9. The summed E-state index contributed by atoms with van der Waals surface area (Å²) < 4.78 is 9.12. The molecule has 6 nitrogen and oxygen atoms in total. The molecule has 2 heterocycles. The molecule has 148 valence electrons. The third kappa shape index (κ3) is 4.57. The summed E-state index contributed by atoms with van der Waals surface area (Å²) in [6.45, 7) is 4.00. The number of hydrogen-bond acceptors (Lipinski definition) is 4. The van der Waals surface area contributed by atoms with Crippen molar-refractivity contribution in [1.29, 1.82) is 0 Å². The van der Waals surface area contributed by atoms with Crippen LogP contribution >= 0.6 is 0 Å². The Morgan fingerprint density at radius 2 is 1.47 bits per heavy atom. The van der Waals surface area contributed by atoms with Gasteiger partial charge in [0.1, 0.15) is 0 Å². The minimum atomic E-state index is -0.392. The zero-order valence-corrected chi connectivity index (χ0v) is 16.9. The Morgan fingerprint density at radius 1 is 0.933 bits per heavy atom. The van der Waals surface area contributed by atoms with Gasteiger partial charge in [-0.15, -0.1) is 0 Å². The van der Waals surface area contributed by atoms with Gasteiger partial charge in [-0.05, 0) is 42.3 Å². The number of fused-ring (bicyclic) bond motifs is 1. The molecule has 30 heavy (non-hydrogen) atoms. The monoisotopic (exact) mass is 397 g/mol. The van der Waals surface area contributed by atoms with Crippen LogP contribution in [0, 0.1) is 23.7 Å². The Morgan fingerprint density at radius 3 is 2.07 bits per heavy atom. The Hall–Kier alpha value is -4.29. The first-order valence-corrected chi connectivity index (χ1v) is 9.42. The summed E-state index contributed by atoms with van der Waals surface area (Å²) in [5.74, 6) is 12.6. The minimum Gasteiger partial charge on any atom is -0.369 e. The van der Waals surface area contributed by atoms with Crippen LogP contribution in [-0.4, -0.2) is 19.5 Å². The Kier molecular flexibility index (Phi) is 5.89. The number of rotatable bonds is 0. The molecule has 0 saturated heterocycles. The molecule has 2 aromatic carbocycles. The Balaban J connectivity index is 0.00000132. The normalized spacial score (nSPS) is 10.0. The van der Waals surface area contributed by atoms with Crippen LogP contribution in [0.5, 0.6) is 0 Å². The summed E-state index contributed by atoms with van der Waals surface area (Å²) in [5, 5.41) is 0. The van der Waals surface area contributed by atoms with E-state index in [0.717, 1.165) is 16.7 Å². The second-order valence-corrected chi connectivity index (χ2v) is 5.98. The number of nitrogen functional groups attached to an aromatic ring is 1. The number of benzene rings is 2. The predicted molar refractivity (Wildman–Crippen MR) is 120 cm³/mol. The first-order valence-electron chi connectivity index (χ1n) is 9.92. The second kappa shape index (κ2) is 9.27. The molecular formula is C24H21N5O. The van der Waals surface area contributed by atoms with E-state index in [0.29, 0.717) is 17.5 Å². The van der Waals surface area contributed by atoms with Gasteiger partial charge in [0, 0.05) is 23.7 Å². The van der Waals surface area contributed by atoms with Crippen molar-refractivity contribution in [3.63, 3.8) is 0 Å². The number of aromatic nitrogens is 4. The summed E-state index contributed by atoms with van der Waals surface area (Å²) in [7, 11) is 1.73. The second-order valence-electron chi connectivity index (χ2n) is 5.98. The summed E-state index contributed by atoms with van der Waals surface area (Å²) >= 11 is 0. The first-order chi connectivity index (χ1) is 15.0. The molecule has 0 amide bonds. The Bertz CT molecular complexity index is 1390. The van der Waals surface area contributed by atoms with E-state index >= 15 is 0 Å². The van der Waals surface area contributed by atoms with Crippen molar-refractivity contribution >= 4 is 17.1 Å². The molecule has 4 aromatic rings. The molecule has 0 saturated carbocycles. The van der Waals surface area contributed by atoms with Crippen molar-refractivity contribution in [1.82, 2.24) is 19.5 Å². The molecule has 0 aliphatic carbocycles. The molecule has 0 atom stereocenters. The number of nitrogens with zero attached hydrogens (tertiary/aromatic N) is 3. The zero-order chi connectivity index (χ0) is 22.4. The number of aromatic amines is 1. The maximum Gasteiger partial charge on any atom is 0.280 e. The van der Waals surface area contributed by atoms with Crippen LogP contribution in [0.1, 0.15) is 37.7 Å². The lowest BCUT2D eigenvalue weighted by Crippen LogP contribution is -2.11. The van der Waals surface area contributed by atoms with Gasteiger partial charge in [0.25, 0.3) is 5.56 Å². The summed E-state index contributed by atoms with van der Waals surface area (Å²) in [4.78, 5) is 22.7. The van der Waals surface area contributed by atoms with E-state index in [1.54, 1.807) is 23.7 Å². The highest BCUT2D eigenvalue weighted by Gasteiger charge is 2.11. The number of imidazole rings is 1. The van der Waals surface area contributed by atoms with Crippen LogP contribution in [-0.2, 0) is 7.05 Å². The standard InChI is InChI=1S/C22H15N5O.C2H6/c1-27-18(24-19-20(27)25-22(23)26-21(19)28)14-13-17-11-9-16(10-12-17)8-7-15-5-3-2-4-6-15;1-2/h2-6,9-12H,1H3,(H3,23,25,26,28);1-2H3/i2T;. The third-order valence-corrected chi connectivity index (χ3v) is 4.02. The Labute approximate surface area is 176 Å². The highest BCUT2D eigenvalue weighted by atomic mass is 16.1. The molecule has 0 spiro atoms. The lowest BCUT2D eigenvalue weighted by molar-refractivity contribution is 0.909. The van der Waals surface area contributed by atoms with Crippen molar-refractivity contribution in [2.75, 3.05) is 5.73 Å². The molecular weight excluding hydrogens is 374 g/mol. The molecule has 0 aliphatic rings. The number of hydrogen-bond donors (Lipinski definition) is 2. The molecule has 4 rings (SSSR count). The van der Waals surface area contributed by atoms with Gasteiger partial charge in [0.05, 0.1) is 1.37 Å². The molecule has 0 aliphatic heterocycles. The van der Waals surface area contributed by atoms with E-state index in [1.807, 2.05) is 50.2 Å². The number of anilines is 1. The van der Waals surface area contributed by atoms with Gasteiger partial charge in [0.2, 0.25) is 5.95 Å². The fourth-order valence-corrected chi connectivity index (χ4v) is 2.58. The van der Waals surface area contributed by atoms with E-state index in [4.69, 9.17) is 7.10 Å². The molecule has 6 heteroatoms. The molecule has 0 bridgehead atoms. The molecule has 2 aromatic heterocycles. The highest BCUT2D eigenvalue weighted by molar-refractivity contribution is 5.72. The van der Waals surface area contributed by atoms with Gasteiger partial charge in [-0.25, -0.2) is 4.98 Å². The van der Waals surface area contributed by atoms with E-state index in [-0.39, 0.29) is 11.5 Å². The SMILES string of the molecule is CC.[3H]c1ccc(C#Cc2ccc(C#Cc3nc4c(=O)[nH]c(N)nc4n3C)cc2)cc1. The topological polar surface area (TPSA) is 89.6 Å². The van der Waals surface area contributed by atoms with Gasteiger partial charge >= 0.3 is 0 Å². The largest absolute Gasteiger partial charge is 0.369 e. The van der Waals surface area contributed by atoms with Gasteiger partial charge in [-0.1, -0.05) is 49.8 Å². The quantitative estimate of drug-likeness (QED) is 0.446. The highest BCUT2D eigenvalue weighted by Crippen LogP contribution is 2.09. The van der Waals surface area contributed by atoms with Gasteiger partial charge in [0.15, 0.2) is 17.0 Å². The third-order valence-electron chi connectivity index (χ3n) is 4.02. The smallest absolute Gasteiger partial charge is 0.280 e. The first kappa shape index (κ1) is 19.0. The molecule has 0 radical (unpaired) electrons.